The Morgan fingerprint density at radius 2 is 1.72 bits per heavy atom. The molecule has 0 fully saturated rings. The molecule has 0 aliphatic heterocycles. The Bertz CT molecular complexity index is 1270. The molecule has 1 radical (unpaired) electrons. The summed E-state index contributed by atoms with van der Waals surface area (Å²) in [5.74, 6) is -2.81. The van der Waals surface area contributed by atoms with Crippen molar-refractivity contribution in [1.82, 2.24) is 4.57 Å². The van der Waals surface area contributed by atoms with Gasteiger partial charge in [-0.1, -0.05) is 18.2 Å². The van der Waals surface area contributed by atoms with Gasteiger partial charge < -0.3 is 10.3 Å². The van der Waals surface area contributed by atoms with Gasteiger partial charge in [0.2, 0.25) is 5.91 Å². The van der Waals surface area contributed by atoms with Crippen molar-refractivity contribution >= 4 is 27.7 Å². The summed E-state index contributed by atoms with van der Waals surface area (Å²) < 4.78 is 69.0. The molecule has 0 saturated heterocycles. The van der Waals surface area contributed by atoms with Gasteiger partial charge in [-0.25, -0.2) is 8.78 Å². The number of aromatic nitrogens is 1. The maximum Gasteiger partial charge on any atom is 0.419 e. The van der Waals surface area contributed by atoms with E-state index in [4.69, 9.17) is 5.73 Å². The monoisotopic (exact) mass is 403 g/mol. The summed E-state index contributed by atoms with van der Waals surface area (Å²) in [6.45, 7) is -0.266. The number of nitrogens with two attached hydrogens (primary N) is 1. The average molecular weight is 403 g/mol. The molecule has 0 unspecified atom stereocenters. The third-order valence-corrected chi connectivity index (χ3v) is 4.74. The van der Waals surface area contributed by atoms with E-state index in [9.17, 15) is 26.7 Å². The molecule has 0 spiro atoms. The number of benzene rings is 3. The van der Waals surface area contributed by atoms with Gasteiger partial charge in [-0.15, -0.1) is 0 Å². The Morgan fingerprint density at radius 1 is 1.00 bits per heavy atom. The number of rotatable bonds is 3. The Balaban J connectivity index is 2.00. The molecule has 4 aromatic rings. The van der Waals surface area contributed by atoms with E-state index in [1.165, 1.54) is 28.8 Å². The fourth-order valence-electron chi connectivity index (χ4n) is 3.50. The van der Waals surface area contributed by atoms with E-state index < -0.39 is 29.3 Å². The van der Waals surface area contributed by atoms with E-state index in [2.05, 4.69) is 6.07 Å². The number of carbonyl (C=O) groups excluding carboxylic acids is 1. The molecule has 147 valence electrons. The van der Waals surface area contributed by atoms with E-state index in [0.29, 0.717) is 22.5 Å². The summed E-state index contributed by atoms with van der Waals surface area (Å²) >= 11 is 0. The van der Waals surface area contributed by atoms with Crippen LogP contribution in [0.5, 0.6) is 0 Å². The van der Waals surface area contributed by atoms with Crippen LogP contribution in [0.1, 0.15) is 21.5 Å². The zero-order chi connectivity index (χ0) is 20.9. The zero-order valence-corrected chi connectivity index (χ0v) is 14.6. The van der Waals surface area contributed by atoms with E-state index in [1.54, 1.807) is 6.07 Å². The summed E-state index contributed by atoms with van der Waals surface area (Å²) in [6.07, 6.45) is -4.84. The molecule has 2 N–H and O–H groups in total. The number of nitrogens with zero attached hydrogens (tertiary/aromatic N) is 1. The molecule has 1 heterocycles. The molecular weight excluding hydrogens is 391 g/mol. The van der Waals surface area contributed by atoms with Gasteiger partial charge in [-0.3, -0.25) is 4.79 Å². The largest absolute Gasteiger partial charge is 0.419 e. The molecular formula is C21H12F5N2O. The fourth-order valence-corrected chi connectivity index (χ4v) is 3.50. The fraction of sp³-hybridized carbons (Fsp3) is 0.0952. The van der Waals surface area contributed by atoms with Crippen molar-refractivity contribution in [3.63, 3.8) is 0 Å². The molecule has 1 amide bonds. The summed E-state index contributed by atoms with van der Waals surface area (Å²) in [4.78, 5) is 11.8. The van der Waals surface area contributed by atoms with Crippen LogP contribution in [-0.2, 0) is 12.7 Å². The van der Waals surface area contributed by atoms with Crippen LogP contribution in [0.4, 0.5) is 22.0 Å². The second-order valence-corrected chi connectivity index (χ2v) is 6.49. The van der Waals surface area contributed by atoms with Crippen LogP contribution in [0, 0.1) is 17.7 Å². The van der Waals surface area contributed by atoms with Crippen molar-refractivity contribution in [3.05, 3.63) is 82.9 Å². The molecule has 3 aromatic carbocycles. The third-order valence-electron chi connectivity index (χ3n) is 4.74. The molecule has 3 nitrogen and oxygen atoms in total. The van der Waals surface area contributed by atoms with Crippen molar-refractivity contribution < 1.29 is 26.7 Å². The van der Waals surface area contributed by atoms with Gasteiger partial charge in [-0.05, 0) is 30.3 Å². The Hall–Kier alpha value is -3.42. The molecule has 8 heteroatoms. The van der Waals surface area contributed by atoms with Gasteiger partial charge in [0.25, 0.3) is 0 Å². The van der Waals surface area contributed by atoms with Crippen LogP contribution in [0.15, 0.2) is 48.5 Å². The lowest BCUT2D eigenvalue weighted by atomic mass is 10.1. The van der Waals surface area contributed by atoms with Gasteiger partial charge in [-0.2, -0.15) is 13.2 Å². The number of alkyl halides is 3. The molecule has 29 heavy (non-hydrogen) atoms. The molecule has 4 rings (SSSR count). The van der Waals surface area contributed by atoms with Crippen molar-refractivity contribution in [2.75, 3.05) is 0 Å². The van der Waals surface area contributed by atoms with Crippen molar-refractivity contribution in [1.29, 1.82) is 0 Å². The van der Waals surface area contributed by atoms with Crippen molar-refractivity contribution in [2.45, 2.75) is 12.7 Å². The normalized spacial score (nSPS) is 12.0. The Morgan fingerprint density at radius 3 is 2.41 bits per heavy atom. The average Bonchev–Trinajstić information content (AvgIpc) is 2.95. The molecule has 0 aliphatic carbocycles. The lowest BCUT2D eigenvalue weighted by Crippen LogP contribution is -2.12. The lowest BCUT2D eigenvalue weighted by Gasteiger charge is -2.13. The minimum atomic E-state index is -4.84. The number of primary amides is 1. The third kappa shape index (κ3) is 3.10. The number of halogens is 5. The highest BCUT2D eigenvalue weighted by Crippen LogP contribution is 2.35. The van der Waals surface area contributed by atoms with Crippen LogP contribution in [0.3, 0.4) is 0 Å². The van der Waals surface area contributed by atoms with E-state index in [1.807, 2.05) is 0 Å². The summed E-state index contributed by atoms with van der Waals surface area (Å²) in [6, 6.07) is 12.7. The van der Waals surface area contributed by atoms with Crippen LogP contribution in [-0.4, -0.2) is 10.5 Å². The lowest BCUT2D eigenvalue weighted by molar-refractivity contribution is -0.140. The summed E-state index contributed by atoms with van der Waals surface area (Å²) in [5, 5.41) is 0.545. The van der Waals surface area contributed by atoms with Gasteiger partial charge in [0.05, 0.1) is 23.1 Å². The topological polar surface area (TPSA) is 48.0 Å². The standard InChI is InChI=1S/C21H12F5N2O/c22-12-7-8-16-14(9-12)18-13(20(27)29)4-2-6-17(18)28(16)10-11-3-1-5-15(19(11)23)21(24,25)26/h1-8H,10H2,(H2,27,29). The number of carbonyl (C=O) groups is 1. The maximum absolute atomic E-state index is 14.6. The summed E-state index contributed by atoms with van der Waals surface area (Å²) in [5.41, 5.74) is 4.74. The molecule has 1 aromatic heterocycles. The summed E-state index contributed by atoms with van der Waals surface area (Å²) in [7, 11) is 0. The van der Waals surface area contributed by atoms with Crippen molar-refractivity contribution in [2.24, 2.45) is 5.73 Å². The number of fused-ring (bicyclic) bond motifs is 3. The minimum absolute atomic E-state index is 0.109. The van der Waals surface area contributed by atoms with Gasteiger partial charge in [0.15, 0.2) is 0 Å². The first-order chi connectivity index (χ1) is 13.7. The van der Waals surface area contributed by atoms with E-state index in [0.717, 1.165) is 12.1 Å². The molecule has 0 atom stereocenters. The predicted octanol–water partition coefficient (Wildman–Crippen LogP) is 5.04. The first-order valence-electron chi connectivity index (χ1n) is 8.45. The van der Waals surface area contributed by atoms with Crippen LogP contribution < -0.4 is 5.73 Å². The van der Waals surface area contributed by atoms with E-state index >= 15 is 0 Å². The zero-order valence-electron chi connectivity index (χ0n) is 14.6. The van der Waals surface area contributed by atoms with Gasteiger partial charge in [0, 0.05) is 28.0 Å². The first-order valence-corrected chi connectivity index (χ1v) is 8.45. The second kappa shape index (κ2) is 6.58. The highest BCUT2D eigenvalue weighted by Gasteiger charge is 2.34. The molecule has 0 saturated carbocycles. The van der Waals surface area contributed by atoms with Gasteiger partial charge in [0.1, 0.15) is 11.6 Å². The highest BCUT2D eigenvalue weighted by atomic mass is 19.4. The van der Waals surface area contributed by atoms with Crippen LogP contribution in [0.25, 0.3) is 21.8 Å². The van der Waals surface area contributed by atoms with Crippen LogP contribution in [0.2, 0.25) is 0 Å². The predicted molar refractivity (Wildman–Crippen MR) is 97.3 cm³/mol. The number of amides is 1. The Kier molecular flexibility index (Phi) is 4.29. The minimum Gasteiger partial charge on any atom is -0.366 e. The van der Waals surface area contributed by atoms with Crippen LogP contribution >= 0.6 is 0 Å². The smallest absolute Gasteiger partial charge is 0.366 e. The molecule has 0 bridgehead atoms. The Labute approximate surface area is 161 Å². The quantitative estimate of drug-likeness (QED) is 0.479. The maximum atomic E-state index is 14.6. The van der Waals surface area contributed by atoms with Crippen molar-refractivity contribution in [3.8, 4) is 0 Å². The number of hydrogen-bond acceptors (Lipinski definition) is 1. The SMILES string of the molecule is NC(=O)c1cccc2c1c1[c]c(F)ccc1n2Cc1cccc(C(F)(F)F)c1F. The first kappa shape index (κ1) is 18.9. The highest BCUT2D eigenvalue weighted by molar-refractivity contribution is 6.17. The van der Waals surface area contributed by atoms with Gasteiger partial charge >= 0.3 is 6.18 Å². The molecule has 0 aliphatic rings. The van der Waals surface area contributed by atoms with E-state index in [-0.39, 0.29) is 23.1 Å². The second-order valence-electron chi connectivity index (χ2n) is 6.49. The number of hydrogen-bond donors (Lipinski definition) is 1.